The minimum Gasteiger partial charge on any atom is -0.370 e. The molecule has 0 aliphatic carbocycles. The highest BCUT2D eigenvalue weighted by Gasteiger charge is 2.26. The van der Waals surface area contributed by atoms with Crippen molar-refractivity contribution in [3.8, 4) is 0 Å². The van der Waals surface area contributed by atoms with Crippen LogP contribution in [0.15, 0.2) is 29.3 Å². The zero-order chi connectivity index (χ0) is 13.1. The molecule has 0 amide bonds. The van der Waals surface area contributed by atoms with Gasteiger partial charge in [0.05, 0.1) is 12.6 Å². The predicted octanol–water partition coefficient (Wildman–Crippen LogP) is 1.23. The van der Waals surface area contributed by atoms with E-state index in [9.17, 15) is 0 Å². The molecule has 0 fully saturated rings. The molecule has 0 aromatic heterocycles. The molecule has 4 heteroatoms. The highest BCUT2D eigenvalue weighted by atomic mass is 15.3. The average molecular weight is 246 g/mol. The minimum absolute atomic E-state index is 0.296. The Bertz CT molecular complexity index is 439. The second-order valence-corrected chi connectivity index (χ2v) is 5.13. The van der Waals surface area contributed by atoms with Crippen molar-refractivity contribution >= 4 is 5.96 Å². The number of rotatable bonds is 4. The normalized spacial score (nSPS) is 19.4. The average Bonchev–Trinajstić information content (AvgIpc) is 2.68. The lowest BCUT2D eigenvalue weighted by Gasteiger charge is -2.28. The molecule has 0 saturated heterocycles. The SMILES string of the molecule is Cc1cccc(C2CN=C(N)N2CCN(C)C)c1. The quantitative estimate of drug-likeness (QED) is 0.869. The lowest BCUT2D eigenvalue weighted by Crippen LogP contribution is -2.40. The van der Waals surface area contributed by atoms with Crippen LogP contribution >= 0.6 is 0 Å². The van der Waals surface area contributed by atoms with E-state index in [1.165, 1.54) is 11.1 Å². The van der Waals surface area contributed by atoms with E-state index in [1.807, 2.05) is 0 Å². The van der Waals surface area contributed by atoms with Crippen molar-refractivity contribution in [3.63, 3.8) is 0 Å². The number of hydrogen-bond acceptors (Lipinski definition) is 4. The van der Waals surface area contributed by atoms with E-state index in [-0.39, 0.29) is 0 Å². The summed E-state index contributed by atoms with van der Waals surface area (Å²) in [6.07, 6.45) is 0. The Morgan fingerprint density at radius 1 is 1.44 bits per heavy atom. The number of hydrogen-bond donors (Lipinski definition) is 1. The van der Waals surface area contributed by atoms with Gasteiger partial charge in [0.2, 0.25) is 0 Å². The highest BCUT2D eigenvalue weighted by Crippen LogP contribution is 2.25. The van der Waals surface area contributed by atoms with Crippen LogP contribution in [0.4, 0.5) is 0 Å². The molecular formula is C14H22N4. The van der Waals surface area contributed by atoms with Crippen LogP contribution in [-0.4, -0.2) is 49.5 Å². The summed E-state index contributed by atoms with van der Waals surface area (Å²) in [6.45, 7) is 4.79. The maximum atomic E-state index is 5.99. The van der Waals surface area contributed by atoms with Crippen molar-refractivity contribution in [2.45, 2.75) is 13.0 Å². The van der Waals surface area contributed by atoms with Gasteiger partial charge in [0, 0.05) is 13.1 Å². The van der Waals surface area contributed by atoms with E-state index < -0.39 is 0 Å². The molecular weight excluding hydrogens is 224 g/mol. The van der Waals surface area contributed by atoms with E-state index in [0.29, 0.717) is 12.0 Å². The highest BCUT2D eigenvalue weighted by molar-refractivity contribution is 5.80. The smallest absolute Gasteiger partial charge is 0.191 e. The summed E-state index contributed by atoms with van der Waals surface area (Å²) in [6, 6.07) is 8.90. The van der Waals surface area contributed by atoms with Gasteiger partial charge in [-0.05, 0) is 26.6 Å². The third-order valence-electron chi connectivity index (χ3n) is 3.31. The second kappa shape index (κ2) is 5.40. The summed E-state index contributed by atoms with van der Waals surface area (Å²) in [4.78, 5) is 8.75. The predicted molar refractivity (Wildman–Crippen MR) is 75.7 cm³/mol. The van der Waals surface area contributed by atoms with Crippen LogP contribution in [0.3, 0.4) is 0 Å². The first-order chi connectivity index (χ1) is 8.58. The zero-order valence-electron chi connectivity index (χ0n) is 11.4. The molecule has 1 aromatic rings. The summed E-state index contributed by atoms with van der Waals surface area (Å²) in [5.74, 6) is 0.670. The third-order valence-corrected chi connectivity index (χ3v) is 3.31. The van der Waals surface area contributed by atoms with Gasteiger partial charge >= 0.3 is 0 Å². The fourth-order valence-corrected chi connectivity index (χ4v) is 2.27. The van der Waals surface area contributed by atoms with Crippen molar-refractivity contribution in [3.05, 3.63) is 35.4 Å². The van der Waals surface area contributed by atoms with Gasteiger partial charge in [0.25, 0.3) is 0 Å². The van der Waals surface area contributed by atoms with E-state index in [1.54, 1.807) is 0 Å². The Kier molecular flexibility index (Phi) is 3.87. The molecule has 0 bridgehead atoms. The largest absolute Gasteiger partial charge is 0.370 e. The Hall–Kier alpha value is -1.55. The maximum absolute atomic E-state index is 5.99. The van der Waals surface area contributed by atoms with Crippen LogP contribution in [-0.2, 0) is 0 Å². The molecule has 1 aromatic carbocycles. The number of nitrogens with zero attached hydrogens (tertiary/aromatic N) is 3. The molecule has 98 valence electrons. The molecule has 1 aliphatic heterocycles. The first kappa shape index (κ1) is 12.9. The third kappa shape index (κ3) is 2.82. The van der Waals surface area contributed by atoms with E-state index >= 15 is 0 Å². The van der Waals surface area contributed by atoms with Crippen molar-refractivity contribution < 1.29 is 0 Å². The second-order valence-electron chi connectivity index (χ2n) is 5.13. The molecule has 0 spiro atoms. The number of benzene rings is 1. The Labute approximate surface area is 109 Å². The van der Waals surface area contributed by atoms with Gasteiger partial charge in [0.1, 0.15) is 0 Å². The molecule has 1 atom stereocenters. The summed E-state index contributed by atoms with van der Waals surface area (Å²) in [5.41, 5.74) is 8.57. The zero-order valence-corrected chi connectivity index (χ0v) is 11.4. The number of aliphatic imine (C=N–C) groups is 1. The first-order valence-corrected chi connectivity index (χ1v) is 6.36. The Morgan fingerprint density at radius 3 is 2.89 bits per heavy atom. The van der Waals surface area contributed by atoms with Gasteiger partial charge in [-0.15, -0.1) is 0 Å². The van der Waals surface area contributed by atoms with Gasteiger partial charge in [-0.2, -0.15) is 0 Å². The molecule has 1 unspecified atom stereocenters. The standard InChI is InChI=1S/C14H22N4/c1-11-5-4-6-12(9-11)13-10-16-14(15)18(13)8-7-17(2)3/h4-6,9,13H,7-8,10H2,1-3H3,(H2,15,16). The topological polar surface area (TPSA) is 44.9 Å². The van der Waals surface area contributed by atoms with Gasteiger partial charge in [-0.3, -0.25) is 4.99 Å². The summed E-state index contributed by atoms with van der Waals surface area (Å²) >= 11 is 0. The summed E-state index contributed by atoms with van der Waals surface area (Å²) < 4.78 is 0. The molecule has 0 radical (unpaired) electrons. The van der Waals surface area contributed by atoms with Crippen molar-refractivity contribution in [2.24, 2.45) is 10.7 Å². The molecule has 1 heterocycles. The summed E-state index contributed by atoms with van der Waals surface area (Å²) in [7, 11) is 4.15. The van der Waals surface area contributed by atoms with Gasteiger partial charge in [-0.1, -0.05) is 29.8 Å². The fourth-order valence-electron chi connectivity index (χ4n) is 2.27. The first-order valence-electron chi connectivity index (χ1n) is 6.36. The van der Waals surface area contributed by atoms with E-state index in [4.69, 9.17) is 5.73 Å². The molecule has 2 N–H and O–H groups in total. The number of guanidine groups is 1. The number of likely N-dealkylation sites (N-methyl/N-ethyl adjacent to an activating group) is 1. The van der Waals surface area contributed by atoms with Crippen molar-refractivity contribution in [1.29, 1.82) is 0 Å². The van der Waals surface area contributed by atoms with Gasteiger partial charge < -0.3 is 15.5 Å². The summed E-state index contributed by atoms with van der Waals surface area (Å²) in [5, 5.41) is 0. The monoisotopic (exact) mass is 246 g/mol. The Morgan fingerprint density at radius 2 is 2.22 bits per heavy atom. The minimum atomic E-state index is 0.296. The van der Waals surface area contributed by atoms with Crippen LogP contribution in [0.5, 0.6) is 0 Å². The maximum Gasteiger partial charge on any atom is 0.191 e. The molecule has 1 aliphatic rings. The van der Waals surface area contributed by atoms with Crippen LogP contribution in [0.25, 0.3) is 0 Å². The molecule has 0 saturated carbocycles. The molecule has 4 nitrogen and oxygen atoms in total. The van der Waals surface area contributed by atoms with Crippen LogP contribution in [0, 0.1) is 6.92 Å². The van der Waals surface area contributed by atoms with Crippen molar-refractivity contribution in [2.75, 3.05) is 33.7 Å². The lowest BCUT2D eigenvalue weighted by molar-refractivity contribution is 0.293. The molecule has 18 heavy (non-hydrogen) atoms. The lowest BCUT2D eigenvalue weighted by atomic mass is 10.0. The van der Waals surface area contributed by atoms with Gasteiger partial charge in [-0.25, -0.2) is 0 Å². The van der Waals surface area contributed by atoms with E-state index in [0.717, 1.165) is 19.6 Å². The number of aryl methyl sites for hydroxylation is 1. The Balaban J connectivity index is 2.12. The van der Waals surface area contributed by atoms with Crippen LogP contribution in [0.1, 0.15) is 17.2 Å². The van der Waals surface area contributed by atoms with E-state index in [2.05, 4.69) is 60.1 Å². The molecule has 2 rings (SSSR count). The van der Waals surface area contributed by atoms with Crippen LogP contribution in [0.2, 0.25) is 0 Å². The van der Waals surface area contributed by atoms with Crippen molar-refractivity contribution in [1.82, 2.24) is 9.80 Å². The van der Waals surface area contributed by atoms with Crippen LogP contribution < -0.4 is 5.73 Å². The van der Waals surface area contributed by atoms with Gasteiger partial charge in [0.15, 0.2) is 5.96 Å². The fraction of sp³-hybridized carbons (Fsp3) is 0.500. The number of nitrogens with two attached hydrogens (primary N) is 1.